The van der Waals surface area contributed by atoms with E-state index in [1.54, 1.807) is 30.5 Å². The molecule has 0 unspecified atom stereocenters. The molecule has 14 nitrogen and oxygen atoms in total. The number of anilines is 5. The number of primary amides is 1. The van der Waals surface area contributed by atoms with Crippen LogP contribution in [0.15, 0.2) is 41.1 Å². The van der Waals surface area contributed by atoms with E-state index < -0.39 is 23.1 Å². The van der Waals surface area contributed by atoms with Gasteiger partial charge in [-0.05, 0) is 60.8 Å². The number of rotatable bonds is 12. The number of aromatic amines is 1. The summed E-state index contributed by atoms with van der Waals surface area (Å²) in [5, 5.41) is 11.8. The average Bonchev–Trinajstić information content (AvgIpc) is 3.59. The van der Waals surface area contributed by atoms with Gasteiger partial charge in [0.2, 0.25) is 29.6 Å². The highest BCUT2D eigenvalue weighted by molar-refractivity contribution is 9.10. The van der Waals surface area contributed by atoms with Crippen molar-refractivity contribution in [2.45, 2.75) is 33.1 Å². The van der Waals surface area contributed by atoms with Crippen molar-refractivity contribution >= 4 is 68.6 Å². The number of nitrogens with one attached hydrogen (secondary N) is 5. The number of halogens is 1. The van der Waals surface area contributed by atoms with Gasteiger partial charge in [-0.2, -0.15) is 4.98 Å². The number of aromatic nitrogens is 4. The van der Waals surface area contributed by atoms with Gasteiger partial charge in [0.25, 0.3) is 5.91 Å². The summed E-state index contributed by atoms with van der Waals surface area (Å²) < 4.78 is 0.650. The van der Waals surface area contributed by atoms with E-state index >= 15 is 0 Å². The van der Waals surface area contributed by atoms with E-state index in [9.17, 15) is 19.2 Å². The normalized spacial score (nSPS) is 13.1. The van der Waals surface area contributed by atoms with Crippen molar-refractivity contribution in [1.82, 2.24) is 25.3 Å². The highest BCUT2D eigenvalue weighted by Crippen LogP contribution is 2.24. The Bertz CT molecular complexity index is 1460. The molecule has 3 heterocycles. The molecule has 4 amide bonds. The van der Waals surface area contributed by atoms with Crippen LogP contribution in [0.2, 0.25) is 0 Å². The van der Waals surface area contributed by atoms with E-state index in [0.29, 0.717) is 66.0 Å². The fraction of sp³-hybridized carbons (Fsp3) is 0.346. The predicted molar refractivity (Wildman–Crippen MR) is 157 cm³/mol. The fourth-order valence-electron chi connectivity index (χ4n) is 3.82. The first-order valence-corrected chi connectivity index (χ1v) is 13.7. The average molecular weight is 628 g/mol. The number of hydrogen-bond donors (Lipinski definition) is 6. The monoisotopic (exact) mass is 626 g/mol. The molecule has 41 heavy (non-hydrogen) atoms. The maximum atomic E-state index is 12.7. The second-order valence-electron chi connectivity index (χ2n) is 9.83. The number of carbonyl (C=O) groups excluding carboxylic acids is 4. The molecule has 0 spiro atoms. The summed E-state index contributed by atoms with van der Waals surface area (Å²) in [5.41, 5.74) is 5.33. The predicted octanol–water partition coefficient (Wildman–Crippen LogP) is 2.51. The van der Waals surface area contributed by atoms with Gasteiger partial charge in [-0.25, -0.2) is 9.97 Å². The number of carbonyl (C=O) groups is 4. The van der Waals surface area contributed by atoms with Crippen LogP contribution < -0.4 is 31.9 Å². The summed E-state index contributed by atoms with van der Waals surface area (Å²) in [5.74, 6) is -0.323. The third-order valence-corrected chi connectivity index (χ3v) is 6.94. The first-order chi connectivity index (χ1) is 19.5. The molecule has 1 aliphatic heterocycles. The maximum Gasteiger partial charge on any atom is 0.275 e. The maximum absolute atomic E-state index is 12.7. The van der Waals surface area contributed by atoms with Gasteiger partial charge in [-0.3, -0.25) is 24.1 Å². The minimum Gasteiger partial charge on any atom is -0.369 e. The highest BCUT2D eigenvalue weighted by Gasteiger charge is 2.33. The Morgan fingerprint density at radius 1 is 1.17 bits per heavy atom. The smallest absolute Gasteiger partial charge is 0.275 e. The molecule has 0 saturated carbocycles. The number of H-pyrrole nitrogens is 1. The molecule has 1 saturated heterocycles. The zero-order valence-electron chi connectivity index (χ0n) is 22.6. The second kappa shape index (κ2) is 12.8. The Kier molecular flexibility index (Phi) is 9.17. The molecule has 1 fully saturated rings. The lowest BCUT2D eigenvalue weighted by Crippen LogP contribution is -2.46. The lowest BCUT2D eigenvalue weighted by Gasteiger charge is -2.19. The zero-order chi connectivity index (χ0) is 29.6. The molecule has 7 N–H and O–H groups in total. The summed E-state index contributed by atoms with van der Waals surface area (Å²) in [4.78, 5) is 65.7. The minimum absolute atomic E-state index is 0.0201. The van der Waals surface area contributed by atoms with Crippen LogP contribution in [0.3, 0.4) is 0 Å². The van der Waals surface area contributed by atoms with Crippen molar-refractivity contribution in [1.29, 1.82) is 0 Å². The van der Waals surface area contributed by atoms with Crippen LogP contribution >= 0.6 is 15.9 Å². The first-order valence-electron chi connectivity index (χ1n) is 12.9. The number of nitrogens with zero attached hydrogens (tertiary/aromatic N) is 4. The SMILES string of the molecule is CC(C)(C(N)=O)C(=O)NCCCNc1nc(Nc2cccc(NC(=O)c3c[nH]c(N4CCCC4=O)n3)c2)ncc1Br. The third-order valence-electron chi connectivity index (χ3n) is 6.36. The van der Waals surface area contributed by atoms with E-state index in [2.05, 4.69) is 57.1 Å². The van der Waals surface area contributed by atoms with Crippen molar-refractivity contribution in [2.75, 3.05) is 40.5 Å². The van der Waals surface area contributed by atoms with Gasteiger partial charge >= 0.3 is 0 Å². The first kappa shape index (κ1) is 29.5. The van der Waals surface area contributed by atoms with E-state index in [4.69, 9.17) is 5.73 Å². The molecule has 15 heteroatoms. The van der Waals surface area contributed by atoms with Crippen molar-refractivity contribution in [2.24, 2.45) is 11.1 Å². The van der Waals surface area contributed by atoms with Gasteiger partial charge < -0.3 is 32.0 Å². The standard InChI is InChI=1S/C26H31BrN10O4/c1-26(2,22(28)40)23(41)30-10-5-9-29-20-17(27)13-31-24(36-20)34-16-7-3-6-15(12-16)33-21(39)18-14-32-25(35-18)37-11-4-8-19(37)38/h3,6-7,12-14H,4-5,8-11H2,1-2H3,(H2,28,40)(H,30,41)(H,32,35)(H,33,39)(H2,29,31,34,36). The van der Waals surface area contributed by atoms with Gasteiger partial charge in [0.1, 0.15) is 16.9 Å². The van der Waals surface area contributed by atoms with Gasteiger partial charge in [0.15, 0.2) is 0 Å². The Hall–Kier alpha value is -4.53. The summed E-state index contributed by atoms with van der Waals surface area (Å²) in [6.45, 7) is 4.38. The molecule has 0 atom stereocenters. The van der Waals surface area contributed by atoms with Crippen LogP contribution in [0.25, 0.3) is 0 Å². The van der Waals surface area contributed by atoms with Crippen LogP contribution in [0, 0.1) is 5.41 Å². The number of hydrogen-bond acceptors (Lipinski definition) is 9. The van der Waals surface area contributed by atoms with Gasteiger partial charge in [-0.15, -0.1) is 0 Å². The lowest BCUT2D eigenvalue weighted by atomic mass is 9.91. The van der Waals surface area contributed by atoms with E-state index in [-0.39, 0.29) is 11.6 Å². The Labute approximate surface area is 244 Å². The molecule has 2 aromatic heterocycles. The fourth-order valence-corrected chi connectivity index (χ4v) is 4.15. The molecule has 0 radical (unpaired) electrons. The van der Waals surface area contributed by atoms with Crippen molar-refractivity contribution in [3.8, 4) is 0 Å². The second-order valence-corrected chi connectivity index (χ2v) is 10.7. The summed E-state index contributed by atoms with van der Waals surface area (Å²) in [6.07, 6.45) is 4.88. The zero-order valence-corrected chi connectivity index (χ0v) is 24.2. The van der Waals surface area contributed by atoms with Crippen molar-refractivity contribution in [3.05, 3.63) is 46.8 Å². The van der Waals surface area contributed by atoms with Crippen molar-refractivity contribution in [3.63, 3.8) is 0 Å². The van der Waals surface area contributed by atoms with Crippen molar-refractivity contribution < 1.29 is 19.2 Å². The summed E-state index contributed by atoms with van der Waals surface area (Å²) >= 11 is 3.42. The van der Waals surface area contributed by atoms with Crippen LogP contribution in [-0.2, 0) is 14.4 Å². The summed E-state index contributed by atoms with van der Waals surface area (Å²) in [7, 11) is 0. The molecular formula is C26H31BrN10O4. The summed E-state index contributed by atoms with van der Waals surface area (Å²) in [6, 6.07) is 7.03. The topological polar surface area (TPSA) is 200 Å². The number of nitrogens with two attached hydrogens (primary N) is 1. The van der Waals surface area contributed by atoms with Crippen LogP contribution in [-0.4, -0.2) is 63.2 Å². The van der Waals surface area contributed by atoms with Crippen LogP contribution in [0.1, 0.15) is 43.6 Å². The number of imidazole rings is 1. The quantitative estimate of drug-likeness (QED) is 0.129. The third kappa shape index (κ3) is 7.36. The molecule has 0 aliphatic carbocycles. The van der Waals surface area contributed by atoms with E-state index in [1.165, 1.54) is 24.9 Å². The number of amides is 4. The Balaban J connectivity index is 1.30. The largest absolute Gasteiger partial charge is 0.369 e. The van der Waals surface area contributed by atoms with Crippen LogP contribution in [0.5, 0.6) is 0 Å². The van der Waals surface area contributed by atoms with Gasteiger partial charge in [-0.1, -0.05) is 6.07 Å². The molecule has 4 rings (SSSR count). The molecular weight excluding hydrogens is 596 g/mol. The lowest BCUT2D eigenvalue weighted by molar-refractivity contribution is -0.139. The van der Waals surface area contributed by atoms with Gasteiger partial charge in [0.05, 0.1) is 4.47 Å². The minimum atomic E-state index is -1.28. The van der Waals surface area contributed by atoms with E-state index in [0.717, 1.165) is 6.42 Å². The van der Waals surface area contributed by atoms with Gasteiger partial charge in [0, 0.05) is 49.8 Å². The molecule has 1 aliphatic rings. The Morgan fingerprint density at radius 3 is 2.68 bits per heavy atom. The molecule has 216 valence electrons. The number of benzene rings is 1. The molecule has 1 aromatic carbocycles. The Morgan fingerprint density at radius 2 is 1.95 bits per heavy atom. The molecule has 3 aromatic rings. The molecule has 0 bridgehead atoms. The van der Waals surface area contributed by atoms with Crippen LogP contribution in [0.4, 0.5) is 29.1 Å². The highest BCUT2D eigenvalue weighted by atomic mass is 79.9. The van der Waals surface area contributed by atoms with E-state index in [1.807, 2.05) is 0 Å².